The van der Waals surface area contributed by atoms with Crippen LogP contribution in [0.5, 0.6) is 17.2 Å². The molecule has 1 spiro atoms. The molecule has 4 heterocycles. The maximum atomic E-state index is 13.0. The molecule has 0 saturated carbocycles. The fourth-order valence-corrected chi connectivity index (χ4v) is 5.05. The standard InChI is InChI=1S/C25H26N4O4/c1-31-18-5-6-20-19(16-18)27-25(23-3-2-10-29(20)23)8-11-28(12-9-25)24(30)26-17-4-7-21-22(15-17)33-14-13-32-21/h2-7,10,15-16,27H,8-9,11-14H2,1H3,(H,26,30). The van der Waals surface area contributed by atoms with E-state index in [-0.39, 0.29) is 11.6 Å². The van der Waals surface area contributed by atoms with Crippen molar-refractivity contribution in [2.24, 2.45) is 0 Å². The zero-order valence-corrected chi connectivity index (χ0v) is 18.5. The highest BCUT2D eigenvalue weighted by molar-refractivity contribution is 5.90. The lowest BCUT2D eigenvalue weighted by Gasteiger charge is -2.46. The normalized spacial score (nSPS) is 17.5. The average Bonchev–Trinajstić information content (AvgIpc) is 3.35. The van der Waals surface area contributed by atoms with Crippen LogP contribution in [0.1, 0.15) is 18.5 Å². The van der Waals surface area contributed by atoms with Gasteiger partial charge in [-0.05, 0) is 49.2 Å². The number of carbonyl (C=O) groups excluding carboxylic acids is 1. The van der Waals surface area contributed by atoms with Crippen LogP contribution in [0.15, 0.2) is 54.7 Å². The fourth-order valence-electron chi connectivity index (χ4n) is 5.05. The highest BCUT2D eigenvalue weighted by Crippen LogP contribution is 2.44. The summed E-state index contributed by atoms with van der Waals surface area (Å²) in [7, 11) is 1.68. The summed E-state index contributed by atoms with van der Waals surface area (Å²) in [5.41, 5.74) is 3.87. The zero-order chi connectivity index (χ0) is 22.4. The van der Waals surface area contributed by atoms with Crippen molar-refractivity contribution in [1.29, 1.82) is 0 Å². The Hall–Kier alpha value is -3.81. The molecule has 170 valence electrons. The van der Waals surface area contributed by atoms with Crippen LogP contribution in [-0.4, -0.2) is 48.9 Å². The van der Waals surface area contributed by atoms with Gasteiger partial charge in [-0.3, -0.25) is 0 Å². The topological polar surface area (TPSA) is 77.0 Å². The van der Waals surface area contributed by atoms with Gasteiger partial charge in [0.2, 0.25) is 0 Å². The molecule has 2 N–H and O–H groups in total. The highest BCUT2D eigenvalue weighted by Gasteiger charge is 2.42. The van der Waals surface area contributed by atoms with Gasteiger partial charge in [0, 0.05) is 42.8 Å². The van der Waals surface area contributed by atoms with E-state index >= 15 is 0 Å². The number of aromatic nitrogens is 1. The number of piperidine rings is 1. The average molecular weight is 447 g/mol. The number of methoxy groups -OCH3 is 1. The van der Waals surface area contributed by atoms with E-state index in [4.69, 9.17) is 14.2 Å². The number of hydrogen-bond donors (Lipinski definition) is 2. The Morgan fingerprint density at radius 1 is 1.06 bits per heavy atom. The molecule has 3 aliphatic heterocycles. The molecule has 0 aliphatic carbocycles. The van der Waals surface area contributed by atoms with E-state index < -0.39 is 0 Å². The van der Waals surface area contributed by atoms with Crippen LogP contribution in [0.2, 0.25) is 0 Å². The molecular weight excluding hydrogens is 420 g/mol. The van der Waals surface area contributed by atoms with Gasteiger partial charge < -0.3 is 34.3 Å². The second kappa shape index (κ2) is 7.65. The number of nitrogens with zero attached hydrogens (tertiary/aromatic N) is 2. The second-order valence-electron chi connectivity index (χ2n) is 8.63. The number of likely N-dealkylation sites (tertiary alicyclic amines) is 1. The second-order valence-corrected chi connectivity index (χ2v) is 8.63. The lowest BCUT2D eigenvalue weighted by Crippen LogP contribution is -2.51. The fraction of sp³-hybridized carbons (Fsp3) is 0.320. The van der Waals surface area contributed by atoms with Crippen molar-refractivity contribution in [3.63, 3.8) is 0 Å². The monoisotopic (exact) mass is 446 g/mol. The molecule has 6 rings (SSSR count). The predicted molar refractivity (Wildman–Crippen MR) is 125 cm³/mol. The van der Waals surface area contributed by atoms with E-state index in [9.17, 15) is 4.79 Å². The molecule has 0 radical (unpaired) electrons. The van der Waals surface area contributed by atoms with Crippen molar-refractivity contribution in [2.45, 2.75) is 18.4 Å². The number of urea groups is 1. The maximum absolute atomic E-state index is 13.0. The van der Waals surface area contributed by atoms with Crippen molar-refractivity contribution in [2.75, 3.05) is 44.0 Å². The van der Waals surface area contributed by atoms with Gasteiger partial charge in [0.1, 0.15) is 19.0 Å². The number of anilines is 2. The minimum absolute atomic E-state index is 0.102. The summed E-state index contributed by atoms with van der Waals surface area (Å²) in [4.78, 5) is 14.9. The summed E-state index contributed by atoms with van der Waals surface area (Å²) < 4.78 is 18.9. The number of amides is 2. The van der Waals surface area contributed by atoms with Gasteiger partial charge in [0.25, 0.3) is 0 Å². The van der Waals surface area contributed by atoms with Crippen molar-refractivity contribution >= 4 is 17.4 Å². The molecule has 8 heteroatoms. The van der Waals surface area contributed by atoms with Gasteiger partial charge >= 0.3 is 6.03 Å². The lowest BCUT2D eigenvalue weighted by atomic mass is 9.82. The molecule has 3 aliphatic rings. The van der Waals surface area contributed by atoms with Crippen molar-refractivity contribution in [3.05, 3.63) is 60.4 Å². The quantitative estimate of drug-likeness (QED) is 0.617. The molecule has 2 aromatic carbocycles. The Balaban J connectivity index is 1.18. The highest BCUT2D eigenvalue weighted by atomic mass is 16.6. The van der Waals surface area contributed by atoms with Crippen LogP contribution in [-0.2, 0) is 5.54 Å². The third-order valence-electron chi connectivity index (χ3n) is 6.77. The minimum atomic E-state index is -0.226. The minimum Gasteiger partial charge on any atom is -0.497 e. The molecule has 3 aromatic rings. The van der Waals surface area contributed by atoms with E-state index in [0.29, 0.717) is 43.5 Å². The van der Waals surface area contributed by atoms with Gasteiger partial charge in [0.15, 0.2) is 11.5 Å². The van der Waals surface area contributed by atoms with Gasteiger partial charge in [0.05, 0.1) is 24.0 Å². The predicted octanol–water partition coefficient (Wildman–Crippen LogP) is 4.21. The van der Waals surface area contributed by atoms with Crippen LogP contribution in [0.25, 0.3) is 5.69 Å². The summed E-state index contributed by atoms with van der Waals surface area (Å²) in [6.45, 7) is 2.35. The Labute approximate surface area is 192 Å². The molecule has 1 aromatic heterocycles. The summed E-state index contributed by atoms with van der Waals surface area (Å²) in [5.74, 6) is 2.20. The van der Waals surface area contributed by atoms with E-state index in [1.54, 1.807) is 7.11 Å². The molecule has 1 saturated heterocycles. The third-order valence-corrected chi connectivity index (χ3v) is 6.77. The number of benzene rings is 2. The molecule has 2 amide bonds. The maximum Gasteiger partial charge on any atom is 0.321 e. The van der Waals surface area contributed by atoms with Crippen molar-refractivity contribution in [1.82, 2.24) is 9.47 Å². The number of nitrogens with one attached hydrogen (secondary N) is 2. The summed E-state index contributed by atoms with van der Waals surface area (Å²) in [6.07, 6.45) is 3.72. The largest absolute Gasteiger partial charge is 0.497 e. The SMILES string of the molecule is COc1ccc2c(c1)NC1(CCN(C(=O)Nc3ccc4c(c3)OCCO4)CC1)c1cccn1-2. The van der Waals surface area contributed by atoms with Gasteiger partial charge in [-0.25, -0.2) is 4.79 Å². The lowest BCUT2D eigenvalue weighted by molar-refractivity contribution is 0.171. The summed E-state index contributed by atoms with van der Waals surface area (Å²) in [6, 6.07) is 15.7. The van der Waals surface area contributed by atoms with E-state index in [0.717, 1.165) is 30.0 Å². The molecule has 0 atom stereocenters. The third kappa shape index (κ3) is 3.33. The van der Waals surface area contributed by atoms with Crippen molar-refractivity contribution < 1.29 is 19.0 Å². The number of ether oxygens (including phenoxy) is 3. The summed E-state index contributed by atoms with van der Waals surface area (Å²) in [5, 5.41) is 6.79. The Bertz CT molecular complexity index is 1210. The number of rotatable bonds is 2. The molecular formula is C25H26N4O4. The van der Waals surface area contributed by atoms with Gasteiger partial charge in [-0.2, -0.15) is 0 Å². The Morgan fingerprint density at radius 2 is 1.88 bits per heavy atom. The van der Waals surface area contributed by atoms with Crippen LogP contribution < -0.4 is 24.8 Å². The van der Waals surface area contributed by atoms with E-state index in [1.807, 2.05) is 35.2 Å². The van der Waals surface area contributed by atoms with Crippen LogP contribution >= 0.6 is 0 Å². The Morgan fingerprint density at radius 3 is 2.70 bits per heavy atom. The summed E-state index contributed by atoms with van der Waals surface area (Å²) >= 11 is 0. The van der Waals surface area contributed by atoms with Crippen LogP contribution in [0.4, 0.5) is 16.2 Å². The number of fused-ring (bicyclic) bond motifs is 5. The first-order valence-electron chi connectivity index (χ1n) is 11.3. The van der Waals surface area contributed by atoms with Crippen LogP contribution in [0.3, 0.4) is 0 Å². The molecule has 8 nitrogen and oxygen atoms in total. The molecule has 0 bridgehead atoms. The first-order valence-corrected chi connectivity index (χ1v) is 11.3. The first kappa shape index (κ1) is 19.8. The number of hydrogen-bond acceptors (Lipinski definition) is 5. The van der Waals surface area contributed by atoms with E-state index in [2.05, 4.69) is 39.6 Å². The Kier molecular flexibility index (Phi) is 4.60. The molecule has 0 unspecified atom stereocenters. The molecule has 1 fully saturated rings. The molecule has 33 heavy (non-hydrogen) atoms. The first-order chi connectivity index (χ1) is 16.1. The zero-order valence-electron chi connectivity index (χ0n) is 18.5. The van der Waals surface area contributed by atoms with Gasteiger partial charge in [-0.1, -0.05) is 0 Å². The van der Waals surface area contributed by atoms with Gasteiger partial charge in [-0.15, -0.1) is 0 Å². The smallest absolute Gasteiger partial charge is 0.321 e. The number of carbonyl (C=O) groups is 1. The van der Waals surface area contributed by atoms with Crippen LogP contribution in [0, 0.1) is 0 Å². The van der Waals surface area contributed by atoms with E-state index in [1.165, 1.54) is 5.69 Å². The van der Waals surface area contributed by atoms with Crippen molar-refractivity contribution in [3.8, 4) is 22.9 Å².